The molecule has 0 saturated carbocycles. The van der Waals surface area contributed by atoms with Gasteiger partial charge in [0.1, 0.15) is 0 Å². The van der Waals surface area contributed by atoms with Crippen LogP contribution >= 0.6 is 22.9 Å². The molecule has 2 aromatic rings. The highest BCUT2D eigenvalue weighted by molar-refractivity contribution is 7.08. The van der Waals surface area contributed by atoms with Gasteiger partial charge < -0.3 is 5.32 Å². The zero-order valence-electron chi connectivity index (χ0n) is 9.37. The van der Waals surface area contributed by atoms with Crippen LogP contribution in [0.5, 0.6) is 0 Å². The zero-order chi connectivity index (χ0) is 12.3. The number of nitrogens with one attached hydrogen (secondary N) is 1. The van der Waals surface area contributed by atoms with Crippen LogP contribution in [0, 0.1) is 6.92 Å². The van der Waals surface area contributed by atoms with Gasteiger partial charge in [-0.3, -0.25) is 4.79 Å². The average molecular weight is 266 g/mol. The van der Waals surface area contributed by atoms with Crippen LogP contribution in [0.25, 0.3) is 0 Å². The lowest BCUT2D eigenvalue weighted by Gasteiger charge is -2.08. The number of anilines is 1. The Morgan fingerprint density at radius 2 is 2.12 bits per heavy atom. The molecule has 0 aliphatic heterocycles. The minimum atomic E-state index is -0.0821. The second kappa shape index (κ2) is 5.34. The first-order chi connectivity index (χ1) is 8.22. The number of aryl methyl sites for hydroxylation is 1. The van der Waals surface area contributed by atoms with Gasteiger partial charge in [-0.05, 0) is 29.5 Å². The monoisotopic (exact) mass is 265 g/mol. The largest absolute Gasteiger partial charge is 0.322 e. The lowest BCUT2D eigenvalue weighted by atomic mass is 10.1. The summed E-state index contributed by atoms with van der Waals surface area (Å²) in [6.07, 6.45) is 0. The molecule has 0 atom stereocenters. The van der Waals surface area contributed by atoms with Gasteiger partial charge in [0.05, 0.1) is 5.56 Å². The van der Waals surface area contributed by atoms with E-state index in [1.54, 1.807) is 0 Å². The molecule has 1 aromatic heterocycles. The molecule has 17 heavy (non-hydrogen) atoms. The van der Waals surface area contributed by atoms with E-state index in [-0.39, 0.29) is 5.91 Å². The van der Waals surface area contributed by atoms with Gasteiger partial charge in [0.15, 0.2) is 0 Å². The zero-order valence-corrected chi connectivity index (χ0v) is 10.9. The van der Waals surface area contributed by atoms with Crippen LogP contribution in [0.4, 0.5) is 5.69 Å². The molecule has 2 nitrogen and oxygen atoms in total. The van der Waals surface area contributed by atoms with Crippen molar-refractivity contribution in [1.82, 2.24) is 0 Å². The smallest absolute Gasteiger partial charge is 0.256 e. The van der Waals surface area contributed by atoms with Crippen molar-refractivity contribution in [2.24, 2.45) is 0 Å². The minimum absolute atomic E-state index is 0.0821. The molecule has 1 amide bonds. The number of amides is 1. The maximum Gasteiger partial charge on any atom is 0.256 e. The van der Waals surface area contributed by atoms with Gasteiger partial charge in [-0.15, -0.1) is 11.6 Å². The fourth-order valence-electron chi connectivity index (χ4n) is 1.54. The number of rotatable bonds is 3. The van der Waals surface area contributed by atoms with Crippen LogP contribution in [0.1, 0.15) is 21.5 Å². The molecule has 88 valence electrons. The molecule has 0 unspecified atom stereocenters. The Labute approximate surface area is 109 Å². The van der Waals surface area contributed by atoms with Gasteiger partial charge in [0.25, 0.3) is 5.91 Å². The quantitative estimate of drug-likeness (QED) is 0.834. The second-order valence-corrected chi connectivity index (χ2v) is 4.72. The number of alkyl halides is 1. The Balaban J connectivity index is 2.22. The lowest BCUT2D eigenvalue weighted by Crippen LogP contribution is -2.13. The standard InChI is InChI=1S/C13H12ClNOS/c1-9-7-17-8-11(9)13(16)15-12-5-3-2-4-10(12)6-14/h2-5,7-8H,6H2,1H3,(H,15,16). The predicted molar refractivity (Wildman–Crippen MR) is 73.0 cm³/mol. The number of benzene rings is 1. The molecule has 1 aromatic carbocycles. The predicted octanol–water partition coefficient (Wildman–Crippen LogP) is 4.05. The number of thiophene rings is 1. The molecule has 0 aliphatic carbocycles. The van der Waals surface area contributed by atoms with E-state index in [0.29, 0.717) is 5.88 Å². The fourth-order valence-corrected chi connectivity index (χ4v) is 2.60. The van der Waals surface area contributed by atoms with Gasteiger partial charge >= 0.3 is 0 Å². The first kappa shape index (κ1) is 12.1. The van der Waals surface area contributed by atoms with Crippen LogP contribution in [-0.2, 0) is 5.88 Å². The van der Waals surface area contributed by atoms with Crippen molar-refractivity contribution in [2.75, 3.05) is 5.32 Å². The minimum Gasteiger partial charge on any atom is -0.322 e. The summed E-state index contributed by atoms with van der Waals surface area (Å²) in [7, 11) is 0. The molecule has 4 heteroatoms. The Hall–Kier alpha value is -1.32. The third-order valence-electron chi connectivity index (χ3n) is 2.51. The second-order valence-electron chi connectivity index (χ2n) is 3.71. The molecule has 2 rings (SSSR count). The topological polar surface area (TPSA) is 29.1 Å². The normalized spacial score (nSPS) is 10.2. The highest BCUT2D eigenvalue weighted by atomic mass is 35.5. The number of hydrogen-bond donors (Lipinski definition) is 1. The van der Waals surface area contributed by atoms with E-state index < -0.39 is 0 Å². The summed E-state index contributed by atoms with van der Waals surface area (Å²) >= 11 is 7.35. The average Bonchev–Trinajstić information content (AvgIpc) is 2.76. The summed E-state index contributed by atoms with van der Waals surface area (Å²) in [5.41, 5.74) is 3.42. The van der Waals surface area contributed by atoms with Crippen molar-refractivity contribution in [3.05, 3.63) is 51.7 Å². The molecular weight excluding hydrogens is 254 g/mol. The van der Waals surface area contributed by atoms with Crippen molar-refractivity contribution in [3.8, 4) is 0 Å². The Kier molecular flexibility index (Phi) is 3.82. The number of hydrogen-bond acceptors (Lipinski definition) is 2. The van der Waals surface area contributed by atoms with E-state index in [2.05, 4.69) is 5.32 Å². The van der Waals surface area contributed by atoms with Crippen LogP contribution in [-0.4, -0.2) is 5.91 Å². The van der Waals surface area contributed by atoms with Crippen molar-refractivity contribution in [3.63, 3.8) is 0 Å². The summed E-state index contributed by atoms with van der Waals surface area (Å²) in [6, 6.07) is 7.55. The molecule has 1 heterocycles. The third-order valence-corrected chi connectivity index (χ3v) is 3.66. The lowest BCUT2D eigenvalue weighted by molar-refractivity contribution is 0.102. The molecule has 1 N–H and O–H groups in total. The van der Waals surface area contributed by atoms with Crippen LogP contribution in [0.3, 0.4) is 0 Å². The highest BCUT2D eigenvalue weighted by Crippen LogP contribution is 2.20. The van der Waals surface area contributed by atoms with Gasteiger partial charge in [-0.1, -0.05) is 18.2 Å². The number of carbonyl (C=O) groups excluding carboxylic acids is 1. The molecular formula is C13H12ClNOS. The summed E-state index contributed by atoms with van der Waals surface area (Å²) in [5.74, 6) is 0.306. The first-order valence-electron chi connectivity index (χ1n) is 5.20. The van der Waals surface area contributed by atoms with Gasteiger partial charge in [0.2, 0.25) is 0 Å². The summed E-state index contributed by atoms with van der Waals surface area (Å²) in [6.45, 7) is 1.93. The van der Waals surface area contributed by atoms with Crippen molar-refractivity contribution in [1.29, 1.82) is 0 Å². The fraction of sp³-hybridized carbons (Fsp3) is 0.154. The molecule has 0 radical (unpaired) electrons. The first-order valence-corrected chi connectivity index (χ1v) is 6.68. The van der Waals surface area contributed by atoms with E-state index in [9.17, 15) is 4.79 Å². The van der Waals surface area contributed by atoms with Crippen LogP contribution < -0.4 is 5.32 Å². The number of halogens is 1. The van der Waals surface area contributed by atoms with E-state index >= 15 is 0 Å². The highest BCUT2D eigenvalue weighted by Gasteiger charge is 2.11. The Bertz CT molecular complexity index is 536. The third kappa shape index (κ3) is 2.68. The molecule has 0 bridgehead atoms. The summed E-state index contributed by atoms with van der Waals surface area (Å²) < 4.78 is 0. The Morgan fingerprint density at radius 3 is 2.76 bits per heavy atom. The maximum atomic E-state index is 12.0. The van der Waals surface area contributed by atoms with Crippen molar-refractivity contribution < 1.29 is 4.79 Å². The van der Waals surface area contributed by atoms with Crippen LogP contribution in [0.15, 0.2) is 35.0 Å². The van der Waals surface area contributed by atoms with E-state index in [0.717, 1.165) is 22.4 Å². The van der Waals surface area contributed by atoms with E-state index in [1.165, 1.54) is 11.3 Å². The van der Waals surface area contributed by atoms with Gasteiger partial charge in [0, 0.05) is 16.9 Å². The summed E-state index contributed by atoms with van der Waals surface area (Å²) in [5, 5.41) is 6.70. The van der Waals surface area contributed by atoms with Crippen molar-refractivity contribution >= 4 is 34.5 Å². The SMILES string of the molecule is Cc1cscc1C(=O)Nc1ccccc1CCl. The van der Waals surface area contributed by atoms with E-state index in [4.69, 9.17) is 11.6 Å². The van der Waals surface area contributed by atoms with Crippen molar-refractivity contribution in [2.45, 2.75) is 12.8 Å². The molecule has 0 spiro atoms. The van der Waals surface area contributed by atoms with E-state index in [1.807, 2.05) is 41.9 Å². The number of carbonyl (C=O) groups is 1. The van der Waals surface area contributed by atoms with Gasteiger partial charge in [-0.2, -0.15) is 11.3 Å². The van der Waals surface area contributed by atoms with Gasteiger partial charge in [-0.25, -0.2) is 0 Å². The molecule has 0 saturated heterocycles. The molecule has 0 fully saturated rings. The number of para-hydroxylation sites is 1. The Morgan fingerprint density at radius 1 is 1.35 bits per heavy atom. The molecule has 0 aliphatic rings. The maximum absolute atomic E-state index is 12.0. The summed E-state index contributed by atoms with van der Waals surface area (Å²) in [4.78, 5) is 12.0. The van der Waals surface area contributed by atoms with Crippen LogP contribution in [0.2, 0.25) is 0 Å².